The molecule has 3 heteroatoms. The third kappa shape index (κ3) is 4.82. The van der Waals surface area contributed by atoms with Crippen LogP contribution in [0.3, 0.4) is 0 Å². The van der Waals surface area contributed by atoms with E-state index < -0.39 is 6.43 Å². The molecule has 0 saturated heterocycles. The van der Waals surface area contributed by atoms with Gasteiger partial charge in [-0.15, -0.1) is 0 Å². The molecule has 0 radical (unpaired) electrons. The maximum absolute atomic E-state index is 12.3. The SMILES string of the molecule is CCC(C)(C)CNCc1ccc(C(F)F)cc1. The smallest absolute Gasteiger partial charge is 0.263 e. The Hall–Kier alpha value is -0.960. The number of halogens is 2. The van der Waals surface area contributed by atoms with E-state index >= 15 is 0 Å². The van der Waals surface area contributed by atoms with E-state index in [1.807, 2.05) is 0 Å². The van der Waals surface area contributed by atoms with Crippen molar-refractivity contribution >= 4 is 0 Å². The van der Waals surface area contributed by atoms with Crippen molar-refractivity contribution < 1.29 is 8.78 Å². The average Bonchev–Trinajstić information content (AvgIpc) is 2.29. The van der Waals surface area contributed by atoms with Gasteiger partial charge in [0.05, 0.1) is 0 Å². The lowest BCUT2D eigenvalue weighted by molar-refractivity contribution is 0.151. The Morgan fingerprint density at radius 1 is 1.18 bits per heavy atom. The molecule has 1 aromatic rings. The molecule has 0 aliphatic carbocycles. The first-order chi connectivity index (χ1) is 7.94. The normalized spacial score (nSPS) is 12.1. The molecular formula is C14H21F2N. The van der Waals surface area contributed by atoms with Gasteiger partial charge < -0.3 is 5.32 Å². The van der Waals surface area contributed by atoms with E-state index in [9.17, 15) is 8.78 Å². The van der Waals surface area contributed by atoms with Crippen molar-refractivity contribution in [3.63, 3.8) is 0 Å². The van der Waals surface area contributed by atoms with Crippen LogP contribution in [-0.4, -0.2) is 6.54 Å². The second-order valence-corrected chi connectivity index (χ2v) is 5.16. The van der Waals surface area contributed by atoms with E-state index in [2.05, 4.69) is 26.1 Å². The predicted octanol–water partition coefficient (Wildman–Crippen LogP) is 4.15. The monoisotopic (exact) mass is 241 g/mol. The van der Waals surface area contributed by atoms with Gasteiger partial charge in [-0.05, 0) is 17.4 Å². The average molecular weight is 241 g/mol. The lowest BCUT2D eigenvalue weighted by Gasteiger charge is -2.23. The van der Waals surface area contributed by atoms with Crippen LogP contribution in [-0.2, 0) is 6.54 Å². The third-order valence-electron chi connectivity index (χ3n) is 3.12. The molecule has 0 bridgehead atoms. The minimum Gasteiger partial charge on any atom is -0.312 e. The molecule has 0 saturated carbocycles. The van der Waals surface area contributed by atoms with Crippen molar-refractivity contribution in [2.75, 3.05) is 6.54 Å². The highest BCUT2D eigenvalue weighted by Gasteiger charge is 2.13. The van der Waals surface area contributed by atoms with Gasteiger partial charge in [0, 0.05) is 18.7 Å². The van der Waals surface area contributed by atoms with Crippen molar-refractivity contribution in [2.24, 2.45) is 5.41 Å². The van der Waals surface area contributed by atoms with Crippen LogP contribution in [0.25, 0.3) is 0 Å². The highest BCUT2D eigenvalue weighted by molar-refractivity contribution is 5.23. The standard InChI is InChI=1S/C14H21F2N/c1-4-14(2,3)10-17-9-11-5-7-12(8-6-11)13(15)16/h5-8,13,17H,4,9-10H2,1-3H3. The second kappa shape index (κ2) is 6.10. The van der Waals surface area contributed by atoms with Crippen molar-refractivity contribution in [3.8, 4) is 0 Å². The molecule has 1 N–H and O–H groups in total. The summed E-state index contributed by atoms with van der Waals surface area (Å²) in [4.78, 5) is 0. The Kier molecular flexibility index (Phi) is 5.06. The summed E-state index contributed by atoms with van der Waals surface area (Å²) < 4.78 is 24.7. The molecular weight excluding hydrogens is 220 g/mol. The van der Waals surface area contributed by atoms with Crippen LogP contribution in [0.5, 0.6) is 0 Å². The van der Waals surface area contributed by atoms with Crippen molar-refractivity contribution in [2.45, 2.75) is 40.2 Å². The molecule has 1 aromatic carbocycles. The fourth-order valence-corrected chi connectivity index (χ4v) is 1.45. The summed E-state index contributed by atoms with van der Waals surface area (Å²) in [5, 5.41) is 3.35. The molecule has 0 fully saturated rings. The maximum Gasteiger partial charge on any atom is 0.263 e. The Labute approximate surface area is 102 Å². The van der Waals surface area contributed by atoms with Gasteiger partial charge in [0.1, 0.15) is 0 Å². The fourth-order valence-electron chi connectivity index (χ4n) is 1.45. The van der Waals surface area contributed by atoms with E-state index in [0.29, 0.717) is 0 Å². The molecule has 0 aliphatic rings. The van der Waals surface area contributed by atoms with Crippen LogP contribution in [0.1, 0.15) is 44.7 Å². The summed E-state index contributed by atoms with van der Waals surface area (Å²) in [6.07, 6.45) is -1.26. The first-order valence-corrected chi connectivity index (χ1v) is 6.02. The van der Waals surface area contributed by atoms with Gasteiger partial charge in [0.25, 0.3) is 6.43 Å². The summed E-state index contributed by atoms with van der Waals surface area (Å²) in [6, 6.07) is 6.50. The summed E-state index contributed by atoms with van der Waals surface area (Å²) in [6.45, 7) is 8.24. The molecule has 0 amide bonds. The summed E-state index contributed by atoms with van der Waals surface area (Å²) in [5.41, 5.74) is 1.41. The zero-order valence-electron chi connectivity index (χ0n) is 10.8. The second-order valence-electron chi connectivity index (χ2n) is 5.16. The van der Waals surface area contributed by atoms with Crippen LogP contribution in [0.15, 0.2) is 24.3 Å². The van der Waals surface area contributed by atoms with Crippen LogP contribution in [0.2, 0.25) is 0 Å². The van der Waals surface area contributed by atoms with Crippen molar-refractivity contribution in [1.29, 1.82) is 0 Å². The highest BCUT2D eigenvalue weighted by atomic mass is 19.3. The van der Waals surface area contributed by atoms with Crippen LogP contribution >= 0.6 is 0 Å². The summed E-state index contributed by atoms with van der Waals surface area (Å²) in [7, 11) is 0. The third-order valence-corrected chi connectivity index (χ3v) is 3.12. The quantitative estimate of drug-likeness (QED) is 0.789. The lowest BCUT2D eigenvalue weighted by atomic mass is 9.90. The topological polar surface area (TPSA) is 12.0 Å². The molecule has 0 aliphatic heterocycles. The fraction of sp³-hybridized carbons (Fsp3) is 0.571. The van der Waals surface area contributed by atoms with Crippen LogP contribution < -0.4 is 5.32 Å². The van der Waals surface area contributed by atoms with E-state index in [0.717, 1.165) is 25.1 Å². The number of rotatable bonds is 6. The number of hydrogen-bond donors (Lipinski definition) is 1. The zero-order valence-corrected chi connectivity index (χ0v) is 10.8. The van der Waals surface area contributed by atoms with Gasteiger partial charge >= 0.3 is 0 Å². The number of alkyl halides is 2. The van der Waals surface area contributed by atoms with E-state index in [1.165, 1.54) is 12.1 Å². The predicted molar refractivity (Wildman–Crippen MR) is 67.2 cm³/mol. The van der Waals surface area contributed by atoms with Gasteiger partial charge in [-0.3, -0.25) is 0 Å². The van der Waals surface area contributed by atoms with E-state index in [-0.39, 0.29) is 11.0 Å². The maximum atomic E-state index is 12.3. The minimum atomic E-state index is -2.38. The molecule has 0 unspecified atom stereocenters. The molecule has 0 heterocycles. The lowest BCUT2D eigenvalue weighted by Crippen LogP contribution is -2.28. The van der Waals surface area contributed by atoms with E-state index in [1.54, 1.807) is 12.1 Å². The molecule has 0 atom stereocenters. The van der Waals surface area contributed by atoms with Gasteiger partial charge in [-0.25, -0.2) is 8.78 Å². The Balaban J connectivity index is 2.42. The molecule has 1 nitrogen and oxygen atoms in total. The zero-order chi connectivity index (χ0) is 12.9. The summed E-state index contributed by atoms with van der Waals surface area (Å²) in [5.74, 6) is 0. The van der Waals surface area contributed by atoms with Crippen LogP contribution in [0, 0.1) is 5.41 Å². The Morgan fingerprint density at radius 2 is 1.76 bits per heavy atom. The van der Waals surface area contributed by atoms with Gasteiger partial charge in [-0.2, -0.15) is 0 Å². The largest absolute Gasteiger partial charge is 0.312 e. The number of hydrogen-bond acceptors (Lipinski definition) is 1. The summed E-state index contributed by atoms with van der Waals surface area (Å²) >= 11 is 0. The first-order valence-electron chi connectivity index (χ1n) is 6.02. The Bertz CT molecular complexity index is 331. The molecule has 96 valence electrons. The first kappa shape index (κ1) is 14.1. The molecule has 17 heavy (non-hydrogen) atoms. The van der Waals surface area contributed by atoms with Gasteiger partial charge in [-0.1, -0.05) is 45.0 Å². The molecule has 0 spiro atoms. The minimum absolute atomic E-state index is 0.0858. The van der Waals surface area contributed by atoms with E-state index in [4.69, 9.17) is 0 Å². The van der Waals surface area contributed by atoms with Gasteiger partial charge in [0.2, 0.25) is 0 Å². The van der Waals surface area contributed by atoms with Gasteiger partial charge in [0.15, 0.2) is 0 Å². The number of benzene rings is 1. The molecule has 1 rings (SSSR count). The van der Waals surface area contributed by atoms with Crippen LogP contribution in [0.4, 0.5) is 8.78 Å². The van der Waals surface area contributed by atoms with Crippen molar-refractivity contribution in [1.82, 2.24) is 5.32 Å². The van der Waals surface area contributed by atoms with Crippen molar-refractivity contribution in [3.05, 3.63) is 35.4 Å². The highest BCUT2D eigenvalue weighted by Crippen LogP contribution is 2.19. The Morgan fingerprint density at radius 3 is 2.24 bits per heavy atom. The number of nitrogens with one attached hydrogen (secondary N) is 1. The molecule has 0 aromatic heterocycles.